The van der Waals surface area contributed by atoms with Gasteiger partial charge in [-0.3, -0.25) is 0 Å². The molecule has 0 unspecified atom stereocenters. The summed E-state index contributed by atoms with van der Waals surface area (Å²) in [6.45, 7) is 0. The van der Waals surface area contributed by atoms with Gasteiger partial charge in [-0.05, 0) is 34.4 Å². The third-order valence-corrected chi connectivity index (χ3v) is 8.67. The molecule has 0 bridgehead atoms. The van der Waals surface area contributed by atoms with E-state index in [2.05, 4.69) is 142 Å². The topological polar surface area (TPSA) is 29.0 Å². The molecule has 186 valence electrons. The zero-order valence-corrected chi connectivity index (χ0v) is 22.6. The molecular weight excluding hydrogens is 515 g/mol. The van der Waals surface area contributed by atoms with Gasteiger partial charge in [0.05, 0.1) is 28.1 Å². The molecule has 0 fully saturated rings. The van der Waals surface area contributed by atoms with Gasteiger partial charge < -0.3 is 4.90 Å². The summed E-state index contributed by atoms with van der Waals surface area (Å²) >= 11 is 3.28. The average molecular weight is 538 g/mol. The number of hydrogen-bond donors (Lipinski definition) is 0. The van der Waals surface area contributed by atoms with E-state index in [4.69, 9.17) is 0 Å². The van der Waals surface area contributed by atoms with E-state index < -0.39 is 0 Å². The second-order valence-corrected chi connectivity index (χ2v) is 11.1. The van der Waals surface area contributed by atoms with Gasteiger partial charge in [0.15, 0.2) is 5.65 Å². The Labute approximate surface area is 234 Å². The molecule has 5 heteroatoms. The molecule has 0 aliphatic heterocycles. The van der Waals surface area contributed by atoms with E-state index in [1.807, 2.05) is 11.0 Å². The van der Waals surface area contributed by atoms with Gasteiger partial charge in [-0.2, -0.15) is 0 Å². The SMILES string of the molecule is c1ccc2c(N(c3cccc4ccccc34)c3cccc4ccccc34)cccc2c1.c1nc2ncsc2s1. The Kier molecular flexibility index (Phi) is 6.21. The molecule has 6 aromatic carbocycles. The van der Waals surface area contributed by atoms with E-state index >= 15 is 0 Å². The van der Waals surface area contributed by atoms with Gasteiger partial charge in [0, 0.05) is 16.2 Å². The fourth-order valence-corrected chi connectivity index (χ4v) is 6.52. The van der Waals surface area contributed by atoms with Crippen molar-refractivity contribution in [2.75, 3.05) is 4.90 Å². The van der Waals surface area contributed by atoms with E-state index in [1.165, 1.54) is 53.4 Å². The van der Waals surface area contributed by atoms with Gasteiger partial charge in [0.2, 0.25) is 0 Å². The summed E-state index contributed by atoms with van der Waals surface area (Å²) < 4.78 is 1.21. The maximum absolute atomic E-state index is 4.00. The molecule has 2 aromatic heterocycles. The average Bonchev–Trinajstić information content (AvgIpc) is 3.64. The van der Waals surface area contributed by atoms with Crippen LogP contribution >= 0.6 is 22.7 Å². The van der Waals surface area contributed by atoms with Crippen LogP contribution in [-0.2, 0) is 0 Å². The molecule has 0 atom stereocenters. The molecule has 0 saturated heterocycles. The first kappa shape index (κ1) is 23.5. The van der Waals surface area contributed by atoms with Crippen LogP contribution in [0, 0.1) is 0 Å². The van der Waals surface area contributed by atoms with Crippen molar-refractivity contribution >= 4 is 81.7 Å². The molecular formula is C34H23N3S2. The van der Waals surface area contributed by atoms with Crippen molar-refractivity contribution in [2.45, 2.75) is 0 Å². The van der Waals surface area contributed by atoms with Gasteiger partial charge in [0.1, 0.15) is 4.01 Å². The minimum absolute atomic E-state index is 0.889. The second-order valence-electron chi connectivity index (χ2n) is 9.15. The number of fused-ring (bicyclic) bond motifs is 4. The third-order valence-electron chi connectivity index (χ3n) is 6.87. The number of nitrogens with zero attached hydrogens (tertiary/aromatic N) is 3. The Hall–Kier alpha value is -4.58. The maximum atomic E-state index is 4.00. The first-order chi connectivity index (χ1) is 19.4. The molecule has 8 rings (SSSR count). The molecule has 0 saturated carbocycles. The van der Waals surface area contributed by atoms with Crippen LogP contribution in [-0.4, -0.2) is 9.97 Å². The second kappa shape index (κ2) is 10.3. The lowest BCUT2D eigenvalue weighted by molar-refractivity contribution is 1.33. The number of rotatable bonds is 3. The van der Waals surface area contributed by atoms with Crippen LogP contribution in [0.25, 0.3) is 42.0 Å². The zero-order chi connectivity index (χ0) is 26.0. The summed E-state index contributed by atoms with van der Waals surface area (Å²) in [4.78, 5) is 10.4. The Morgan fingerprint density at radius 2 is 0.769 bits per heavy atom. The molecule has 8 aromatic rings. The summed E-state index contributed by atoms with van der Waals surface area (Å²) in [5, 5.41) is 7.45. The number of anilines is 3. The molecule has 0 spiro atoms. The summed E-state index contributed by atoms with van der Waals surface area (Å²) in [6.07, 6.45) is 0. The van der Waals surface area contributed by atoms with Crippen molar-refractivity contribution in [3.05, 3.63) is 138 Å². The number of thiazole rings is 2. The Bertz CT molecular complexity index is 1800. The highest BCUT2D eigenvalue weighted by Crippen LogP contribution is 2.44. The first-order valence-corrected chi connectivity index (χ1v) is 14.5. The van der Waals surface area contributed by atoms with Crippen molar-refractivity contribution in [3.8, 4) is 0 Å². The minimum atomic E-state index is 0.889. The van der Waals surface area contributed by atoms with Crippen molar-refractivity contribution in [3.63, 3.8) is 0 Å². The summed E-state index contributed by atoms with van der Waals surface area (Å²) in [5.41, 5.74) is 8.07. The van der Waals surface area contributed by atoms with Gasteiger partial charge >= 0.3 is 0 Å². The standard InChI is InChI=1S/C30H21N.C4H2N2S2/c1-4-16-25-22(10-1)13-7-19-28(25)31(29-20-8-14-23-11-2-5-17-26(23)29)30-21-9-15-24-12-3-6-18-27(24)30;1-5-3-4(7-1)8-2-6-3/h1-21H;1-2H. The highest BCUT2D eigenvalue weighted by atomic mass is 32.2. The van der Waals surface area contributed by atoms with E-state index in [0.29, 0.717) is 0 Å². The molecule has 3 nitrogen and oxygen atoms in total. The van der Waals surface area contributed by atoms with Crippen LogP contribution in [0.3, 0.4) is 0 Å². The summed E-state index contributed by atoms with van der Waals surface area (Å²) in [7, 11) is 0. The van der Waals surface area contributed by atoms with Crippen LogP contribution in [0.2, 0.25) is 0 Å². The lowest BCUT2D eigenvalue weighted by atomic mass is 10.0. The minimum Gasteiger partial charge on any atom is -0.309 e. The van der Waals surface area contributed by atoms with Crippen LogP contribution < -0.4 is 4.90 Å². The number of hydrogen-bond acceptors (Lipinski definition) is 5. The van der Waals surface area contributed by atoms with Crippen LogP contribution in [0.1, 0.15) is 0 Å². The quantitative estimate of drug-likeness (QED) is 0.224. The van der Waals surface area contributed by atoms with Gasteiger partial charge in [-0.25, -0.2) is 9.97 Å². The van der Waals surface area contributed by atoms with Crippen LogP contribution in [0.15, 0.2) is 138 Å². The lowest BCUT2D eigenvalue weighted by Crippen LogP contribution is -2.11. The normalized spacial score (nSPS) is 11.1. The molecule has 0 radical (unpaired) electrons. The highest BCUT2D eigenvalue weighted by Gasteiger charge is 2.19. The fourth-order valence-electron chi connectivity index (χ4n) is 5.12. The fraction of sp³-hybridized carbons (Fsp3) is 0. The van der Waals surface area contributed by atoms with Crippen molar-refractivity contribution in [2.24, 2.45) is 0 Å². The number of benzene rings is 6. The first-order valence-electron chi connectivity index (χ1n) is 12.7. The molecule has 39 heavy (non-hydrogen) atoms. The van der Waals surface area contributed by atoms with E-state index in [-0.39, 0.29) is 0 Å². The Morgan fingerprint density at radius 3 is 1.15 bits per heavy atom. The van der Waals surface area contributed by atoms with Crippen molar-refractivity contribution in [1.82, 2.24) is 9.97 Å². The maximum Gasteiger partial charge on any atom is 0.181 e. The van der Waals surface area contributed by atoms with Crippen molar-refractivity contribution < 1.29 is 0 Å². The molecule has 0 N–H and O–H groups in total. The molecule has 0 aliphatic rings. The van der Waals surface area contributed by atoms with Gasteiger partial charge in [-0.1, -0.05) is 109 Å². The van der Waals surface area contributed by atoms with Crippen LogP contribution in [0.5, 0.6) is 0 Å². The monoisotopic (exact) mass is 537 g/mol. The van der Waals surface area contributed by atoms with E-state index in [0.717, 1.165) is 5.65 Å². The summed E-state index contributed by atoms with van der Waals surface area (Å²) in [6, 6.07) is 45.6. The van der Waals surface area contributed by atoms with Gasteiger partial charge in [0.25, 0.3) is 0 Å². The zero-order valence-electron chi connectivity index (χ0n) is 20.9. The van der Waals surface area contributed by atoms with Crippen LogP contribution in [0.4, 0.5) is 17.1 Å². The molecule has 0 amide bonds. The van der Waals surface area contributed by atoms with E-state index in [9.17, 15) is 0 Å². The Balaban J connectivity index is 0.000000269. The lowest BCUT2D eigenvalue weighted by Gasteiger charge is -2.29. The smallest absolute Gasteiger partial charge is 0.181 e. The molecule has 2 heterocycles. The molecule has 0 aliphatic carbocycles. The summed E-state index contributed by atoms with van der Waals surface area (Å²) in [5.74, 6) is 0. The van der Waals surface area contributed by atoms with E-state index in [1.54, 1.807) is 22.7 Å². The highest BCUT2D eigenvalue weighted by molar-refractivity contribution is 7.36. The largest absolute Gasteiger partial charge is 0.309 e. The number of aromatic nitrogens is 2. The third kappa shape index (κ3) is 4.42. The van der Waals surface area contributed by atoms with Gasteiger partial charge in [-0.15, -0.1) is 22.7 Å². The van der Waals surface area contributed by atoms with Crippen molar-refractivity contribution in [1.29, 1.82) is 0 Å². The predicted molar refractivity (Wildman–Crippen MR) is 169 cm³/mol. The Morgan fingerprint density at radius 1 is 0.410 bits per heavy atom. The predicted octanol–water partition coefficient (Wildman–Crippen LogP) is 10.4.